The molecule has 162 valence electrons. The van der Waals surface area contributed by atoms with Gasteiger partial charge < -0.3 is 14.6 Å². The predicted octanol–water partition coefficient (Wildman–Crippen LogP) is 2.32. The summed E-state index contributed by atoms with van der Waals surface area (Å²) in [6.45, 7) is 2.38. The zero-order chi connectivity index (χ0) is 21.9. The lowest BCUT2D eigenvalue weighted by Crippen LogP contribution is -2.45. The standard InChI is InChI=1S/C20H24ClN3O5S/c1-3-29-20(26)18-11-16(13-23(18)2)30(27,28)24-10-4-5-17(24)19(25)22-12-14-6-8-15(21)9-7-14/h6-9,11,13,17H,3-5,10,12H2,1-2H3,(H,22,25). The maximum absolute atomic E-state index is 13.2. The zero-order valence-corrected chi connectivity index (χ0v) is 18.4. The number of benzene rings is 1. The van der Waals surface area contributed by atoms with Crippen LogP contribution in [0.3, 0.4) is 0 Å². The van der Waals surface area contributed by atoms with Gasteiger partial charge in [-0.1, -0.05) is 23.7 Å². The SMILES string of the molecule is CCOC(=O)c1cc(S(=O)(=O)N2CCCC2C(=O)NCc2ccc(Cl)cc2)cn1C. The van der Waals surface area contributed by atoms with E-state index in [4.69, 9.17) is 16.3 Å². The summed E-state index contributed by atoms with van der Waals surface area (Å²) in [5, 5.41) is 3.40. The molecule has 0 spiro atoms. The van der Waals surface area contributed by atoms with E-state index < -0.39 is 22.0 Å². The summed E-state index contributed by atoms with van der Waals surface area (Å²) in [4.78, 5) is 24.7. The molecule has 0 aliphatic carbocycles. The summed E-state index contributed by atoms with van der Waals surface area (Å²) in [7, 11) is -2.37. The summed E-state index contributed by atoms with van der Waals surface area (Å²) in [5.74, 6) is -0.951. The lowest BCUT2D eigenvalue weighted by atomic mass is 10.2. The van der Waals surface area contributed by atoms with Gasteiger partial charge in [0, 0.05) is 31.4 Å². The first kappa shape index (κ1) is 22.3. The summed E-state index contributed by atoms with van der Waals surface area (Å²) >= 11 is 5.86. The Balaban J connectivity index is 1.75. The highest BCUT2D eigenvalue weighted by Crippen LogP contribution is 2.27. The van der Waals surface area contributed by atoms with Crippen LogP contribution in [0.25, 0.3) is 0 Å². The minimum absolute atomic E-state index is 0.0366. The first-order valence-electron chi connectivity index (χ1n) is 9.61. The first-order chi connectivity index (χ1) is 14.2. The van der Waals surface area contributed by atoms with Gasteiger partial charge in [-0.2, -0.15) is 4.31 Å². The van der Waals surface area contributed by atoms with Crippen LogP contribution < -0.4 is 5.32 Å². The summed E-state index contributed by atoms with van der Waals surface area (Å²) in [6.07, 6.45) is 2.38. The third-order valence-electron chi connectivity index (χ3n) is 4.96. The maximum atomic E-state index is 13.2. The van der Waals surface area contributed by atoms with Crippen LogP contribution in [0.4, 0.5) is 0 Å². The minimum Gasteiger partial charge on any atom is -0.461 e. The number of sulfonamides is 1. The molecule has 1 aromatic heterocycles. The van der Waals surface area contributed by atoms with Crippen molar-refractivity contribution in [2.24, 2.45) is 7.05 Å². The highest BCUT2D eigenvalue weighted by molar-refractivity contribution is 7.89. The quantitative estimate of drug-likeness (QED) is 0.649. The average molecular weight is 454 g/mol. The van der Waals surface area contributed by atoms with Crippen molar-refractivity contribution in [3.63, 3.8) is 0 Å². The average Bonchev–Trinajstić information content (AvgIpc) is 3.35. The second-order valence-electron chi connectivity index (χ2n) is 7.01. The molecular formula is C20H24ClN3O5S. The molecule has 1 fully saturated rings. The van der Waals surface area contributed by atoms with Gasteiger partial charge in [-0.15, -0.1) is 0 Å². The number of carbonyl (C=O) groups excluding carboxylic acids is 2. The molecule has 0 radical (unpaired) electrons. The number of esters is 1. The van der Waals surface area contributed by atoms with Crippen molar-refractivity contribution in [1.82, 2.24) is 14.2 Å². The third-order valence-corrected chi connectivity index (χ3v) is 7.08. The van der Waals surface area contributed by atoms with Crippen molar-refractivity contribution in [1.29, 1.82) is 0 Å². The molecule has 1 saturated heterocycles. The zero-order valence-electron chi connectivity index (χ0n) is 16.8. The van der Waals surface area contributed by atoms with Crippen LogP contribution in [0, 0.1) is 0 Å². The van der Waals surface area contributed by atoms with Gasteiger partial charge in [-0.25, -0.2) is 13.2 Å². The number of hydrogen-bond donors (Lipinski definition) is 1. The van der Waals surface area contributed by atoms with Crippen molar-refractivity contribution in [3.05, 3.63) is 52.8 Å². The molecule has 1 atom stereocenters. The summed E-state index contributed by atoms with van der Waals surface area (Å²) in [5.41, 5.74) is 1.00. The van der Waals surface area contributed by atoms with E-state index in [1.54, 1.807) is 38.2 Å². The smallest absolute Gasteiger partial charge is 0.354 e. The van der Waals surface area contributed by atoms with E-state index >= 15 is 0 Å². The number of aryl methyl sites for hydroxylation is 1. The Labute approximate surface area is 180 Å². The lowest BCUT2D eigenvalue weighted by Gasteiger charge is -2.23. The van der Waals surface area contributed by atoms with Crippen LogP contribution in [-0.4, -0.2) is 48.4 Å². The first-order valence-corrected chi connectivity index (χ1v) is 11.4. The van der Waals surface area contributed by atoms with Crippen molar-refractivity contribution >= 4 is 33.5 Å². The lowest BCUT2D eigenvalue weighted by molar-refractivity contribution is -0.124. The molecule has 3 rings (SSSR count). The second-order valence-corrected chi connectivity index (χ2v) is 9.34. The number of rotatable bonds is 7. The number of carbonyl (C=O) groups is 2. The number of aromatic nitrogens is 1. The van der Waals surface area contributed by atoms with E-state index in [0.717, 1.165) is 5.56 Å². The van der Waals surface area contributed by atoms with E-state index in [2.05, 4.69) is 5.32 Å². The molecule has 30 heavy (non-hydrogen) atoms. The highest BCUT2D eigenvalue weighted by atomic mass is 35.5. The Morgan fingerprint density at radius 2 is 1.97 bits per heavy atom. The van der Waals surface area contributed by atoms with Gasteiger partial charge >= 0.3 is 5.97 Å². The molecule has 1 aliphatic heterocycles. The Kier molecular flexibility index (Phi) is 6.84. The molecule has 0 saturated carbocycles. The molecular weight excluding hydrogens is 430 g/mol. The molecule has 0 bridgehead atoms. The molecule has 1 aliphatic rings. The van der Waals surface area contributed by atoms with Crippen LogP contribution >= 0.6 is 11.6 Å². The normalized spacial score (nSPS) is 17.1. The van der Waals surface area contributed by atoms with Gasteiger partial charge in [-0.3, -0.25) is 4.79 Å². The van der Waals surface area contributed by atoms with E-state index in [1.807, 2.05) is 0 Å². The molecule has 8 nitrogen and oxygen atoms in total. The van der Waals surface area contributed by atoms with Crippen LogP contribution in [0.1, 0.15) is 35.8 Å². The Hall–Kier alpha value is -2.36. The van der Waals surface area contributed by atoms with Crippen molar-refractivity contribution < 1.29 is 22.7 Å². The number of nitrogens with zero attached hydrogens (tertiary/aromatic N) is 2. The topological polar surface area (TPSA) is 97.7 Å². The van der Waals surface area contributed by atoms with Gasteiger partial charge in [-0.05, 0) is 43.5 Å². The summed E-state index contributed by atoms with van der Waals surface area (Å²) in [6, 6.07) is 7.54. The Morgan fingerprint density at radius 3 is 2.63 bits per heavy atom. The fourth-order valence-corrected chi connectivity index (χ4v) is 5.27. The van der Waals surface area contributed by atoms with Crippen molar-refractivity contribution in [3.8, 4) is 0 Å². The van der Waals surface area contributed by atoms with Gasteiger partial charge in [0.2, 0.25) is 15.9 Å². The van der Waals surface area contributed by atoms with E-state index in [0.29, 0.717) is 17.9 Å². The van der Waals surface area contributed by atoms with Crippen molar-refractivity contribution in [2.75, 3.05) is 13.2 Å². The number of hydrogen-bond acceptors (Lipinski definition) is 5. The molecule has 2 aromatic rings. The van der Waals surface area contributed by atoms with Crippen molar-refractivity contribution in [2.45, 2.75) is 37.2 Å². The van der Waals surface area contributed by atoms with Crippen LogP contribution in [-0.2, 0) is 33.1 Å². The van der Waals surface area contributed by atoms with Crippen LogP contribution in [0.2, 0.25) is 5.02 Å². The van der Waals surface area contributed by atoms with E-state index in [9.17, 15) is 18.0 Å². The van der Waals surface area contributed by atoms with Crippen LogP contribution in [0.15, 0.2) is 41.4 Å². The van der Waals surface area contributed by atoms with Gasteiger partial charge in [0.25, 0.3) is 0 Å². The van der Waals surface area contributed by atoms with E-state index in [1.165, 1.54) is 21.1 Å². The fourth-order valence-electron chi connectivity index (χ4n) is 3.42. The number of halogens is 1. The predicted molar refractivity (Wildman–Crippen MR) is 112 cm³/mol. The van der Waals surface area contributed by atoms with E-state index in [-0.39, 0.29) is 36.2 Å². The molecule has 1 aromatic carbocycles. The van der Waals surface area contributed by atoms with Gasteiger partial charge in [0.05, 0.1) is 6.61 Å². The molecule has 1 unspecified atom stereocenters. The number of amides is 1. The highest BCUT2D eigenvalue weighted by Gasteiger charge is 2.40. The molecule has 2 heterocycles. The molecule has 1 N–H and O–H groups in total. The van der Waals surface area contributed by atoms with Gasteiger partial charge in [0.15, 0.2) is 0 Å². The minimum atomic E-state index is -3.95. The Bertz CT molecular complexity index is 1030. The van der Waals surface area contributed by atoms with Crippen LogP contribution in [0.5, 0.6) is 0 Å². The van der Waals surface area contributed by atoms with Gasteiger partial charge in [0.1, 0.15) is 16.6 Å². The number of nitrogens with one attached hydrogen (secondary N) is 1. The maximum Gasteiger partial charge on any atom is 0.354 e. The monoisotopic (exact) mass is 453 g/mol. The summed E-state index contributed by atoms with van der Waals surface area (Å²) < 4.78 is 33.9. The molecule has 10 heteroatoms. The fraction of sp³-hybridized carbons (Fsp3) is 0.400. The number of ether oxygens (including phenoxy) is 1. The second kappa shape index (κ2) is 9.20. The third kappa shape index (κ3) is 4.69. The largest absolute Gasteiger partial charge is 0.461 e. The molecule has 1 amide bonds. The Morgan fingerprint density at radius 1 is 1.27 bits per heavy atom.